The molecule has 0 fully saturated rings. The molecule has 4 heteroatoms. The van der Waals surface area contributed by atoms with Crippen LogP contribution >= 0.6 is 0 Å². The highest BCUT2D eigenvalue weighted by Crippen LogP contribution is 2.25. The zero-order valence-corrected chi connectivity index (χ0v) is 12.9. The molecular weight excluding hydrogens is 267 g/mol. The number of ether oxygens (including phenoxy) is 1. The highest BCUT2D eigenvalue weighted by molar-refractivity contribution is 5.55. The van der Waals surface area contributed by atoms with Crippen molar-refractivity contribution >= 4 is 11.4 Å². The van der Waals surface area contributed by atoms with Gasteiger partial charge in [0.15, 0.2) is 0 Å². The van der Waals surface area contributed by atoms with Crippen LogP contribution in [0.4, 0.5) is 15.8 Å². The van der Waals surface area contributed by atoms with Crippen molar-refractivity contribution in [2.75, 3.05) is 31.4 Å². The third-order valence-electron chi connectivity index (χ3n) is 3.44. The van der Waals surface area contributed by atoms with Crippen LogP contribution in [0.25, 0.3) is 0 Å². The third-order valence-corrected chi connectivity index (χ3v) is 3.44. The Kier molecular flexibility index (Phi) is 4.68. The van der Waals surface area contributed by atoms with Crippen molar-refractivity contribution in [1.29, 1.82) is 0 Å². The molecule has 0 aromatic heterocycles. The van der Waals surface area contributed by atoms with E-state index < -0.39 is 0 Å². The molecule has 1 atom stereocenters. The van der Waals surface area contributed by atoms with Crippen LogP contribution in [0.3, 0.4) is 0 Å². The van der Waals surface area contributed by atoms with Gasteiger partial charge in [-0.2, -0.15) is 0 Å². The second kappa shape index (κ2) is 6.48. The quantitative estimate of drug-likeness (QED) is 0.897. The number of nitrogens with zero attached hydrogens (tertiary/aromatic N) is 1. The summed E-state index contributed by atoms with van der Waals surface area (Å²) in [5.74, 6) is 0.262. The minimum Gasteiger partial charge on any atom is -0.497 e. The Morgan fingerprint density at radius 3 is 2.29 bits per heavy atom. The molecule has 0 saturated carbocycles. The number of methoxy groups -OCH3 is 1. The van der Waals surface area contributed by atoms with Gasteiger partial charge >= 0.3 is 0 Å². The highest BCUT2D eigenvalue weighted by Gasteiger charge is 2.11. The Hall–Kier alpha value is -2.23. The van der Waals surface area contributed by atoms with E-state index in [0.717, 1.165) is 11.4 Å². The van der Waals surface area contributed by atoms with E-state index in [-0.39, 0.29) is 11.9 Å². The Labute approximate surface area is 125 Å². The molecule has 0 spiro atoms. The second-order valence-corrected chi connectivity index (χ2v) is 5.19. The number of benzene rings is 2. The minimum atomic E-state index is -0.265. The van der Waals surface area contributed by atoms with Crippen LogP contribution < -0.4 is 15.0 Å². The highest BCUT2D eigenvalue weighted by atomic mass is 19.1. The van der Waals surface area contributed by atoms with E-state index in [1.54, 1.807) is 12.1 Å². The van der Waals surface area contributed by atoms with Crippen molar-refractivity contribution in [1.82, 2.24) is 0 Å². The van der Waals surface area contributed by atoms with Gasteiger partial charge in [0.25, 0.3) is 0 Å². The number of hydrogen-bond acceptors (Lipinski definition) is 3. The number of rotatable bonds is 5. The Bertz CT molecular complexity index is 596. The van der Waals surface area contributed by atoms with Gasteiger partial charge < -0.3 is 15.0 Å². The van der Waals surface area contributed by atoms with Gasteiger partial charge in [0.2, 0.25) is 0 Å². The summed E-state index contributed by atoms with van der Waals surface area (Å²) in [6.45, 7) is 1.94. The lowest BCUT2D eigenvalue weighted by molar-refractivity contribution is 0.410. The number of anilines is 2. The van der Waals surface area contributed by atoms with E-state index in [4.69, 9.17) is 4.74 Å². The maximum absolute atomic E-state index is 14.0. The van der Waals surface area contributed by atoms with Crippen molar-refractivity contribution in [3.63, 3.8) is 0 Å². The van der Waals surface area contributed by atoms with E-state index in [2.05, 4.69) is 5.32 Å². The van der Waals surface area contributed by atoms with E-state index in [1.807, 2.05) is 50.2 Å². The molecule has 1 unspecified atom stereocenters. The van der Waals surface area contributed by atoms with Crippen LogP contribution in [0.1, 0.15) is 18.5 Å². The van der Waals surface area contributed by atoms with Crippen LogP contribution in [-0.4, -0.2) is 21.2 Å². The van der Waals surface area contributed by atoms with E-state index in [9.17, 15) is 4.39 Å². The van der Waals surface area contributed by atoms with Crippen LogP contribution in [0.5, 0.6) is 5.75 Å². The normalized spacial score (nSPS) is 11.9. The summed E-state index contributed by atoms with van der Waals surface area (Å²) in [4.78, 5) is 2.04. The van der Waals surface area contributed by atoms with Crippen LogP contribution in [0.15, 0.2) is 42.5 Å². The zero-order chi connectivity index (χ0) is 15.4. The van der Waals surface area contributed by atoms with Crippen LogP contribution in [0, 0.1) is 5.82 Å². The van der Waals surface area contributed by atoms with Crippen molar-refractivity contribution in [2.24, 2.45) is 0 Å². The summed E-state index contributed by atoms with van der Waals surface area (Å²) >= 11 is 0. The summed E-state index contributed by atoms with van der Waals surface area (Å²) in [5.41, 5.74) is 2.71. The predicted octanol–water partition coefficient (Wildman–Crippen LogP) is 4.07. The van der Waals surface area contributed by atoms with Gasteiger partial charge in [-0.3, -0.25) is 0 Å². The Morgan fingerprint density at radius 1 is 1.10 bits per heavy atom. The molecule has 0 heterocycles. The molecule has 112 valence electrons. The standard InChI is InChI=1S/C17H21FN2O/c1-12(16-10-9-15(21-4)11-17(16)18)19-13-5-7-14(8-6-13)20(2)3/h5-12,19H,1-4H3. The number of hydrogen-bond donors (Lipinski definition) is 1. The Morgan fingerprint density at radius 2 is 1.76 bits per heavy atom. The molecule has 0 aliphatic heterocycles. The first-order chi connectivity index (χ1) is 10.0. The molecule has 0 aliphatic rings. The molecule has 0 radical (unpaired) electrons. The fraction of sp³-hybridized carbons (Fsp3) is 0.294. The van der Waals surface area contributed by atoms with Crippen molar-refractivity contribution < 1.29 is 9.13 Å². The van der Waals surface area contributed by atoms with Gasteiger partial charge in [-0.1, -0.05) is 6.07 Å². The van der Waals surface area contributed by atoms with Gasteiger partial charge in [0.1, 0.15) is 11.6 Å². The average molecular weight is 288 g/mol. The fourth-order valence-corrected chi connectivity index (χ4v) is 2.17. The van der Waals surface area contributed by atoms with Gasteiger partial charge in [-0.15, -0.1) is 0 Å². The Balaban J connectivity index is 2.12. The summed E-state index contributed by atoms with van der Waals surface area (Å²) < 4.78 is 19.1. The minimum absolute atomic E-state index is 0.124. The van der Waals surface area contributed by atoms with Gasteiger partial charge in [-0.05, 0) is 37.3 Å². The second-order valence-electron chi connectivity index (χ2n) is 5.19. The molecule has 0 bridgehead atoms. The number of nitrogens with one attached hydrogen (secondary N) is 1. The largest absolute Gasteiger partial charge is 0.497 e. The van der Waals surface area contributed by atoms with Gasteiger partial charge in [0.05, 0.1) is 13.2 Å². The predicted molar refractivity (Wildman–Crippen MR) is 85.8 cm³/mol. The zero-order valence-electron chi connectivity index (χ0n) is 12.9. The third kappa shape index (κ3) is 3.66. The molecule has 0 saturated heterocycles. The maximum atomic E-state index is 14.0. The first-order valence-corrected chi connectivity index (χ1v) is 6.88. The van der Waals surface area contributed by atoms with Crippen molar-refractivity contribution in [2.45, 2.75) is 13.0 Å². The summed E-state index contributed by atoms with van der Waals surface area (Å²) in [6.07, 6.45) is 0. The molecule has 2 aromatic carbocycles. The first kappa shape index (κ1) is 15.2. The maximum Gasteiger partial charge on any atom is 0.132 e. The van der Waals surface area contributed by atoms with Gasteiger partial charge in [0, 0.05) is 37.1 Å². The van der Waals surface area contributed by atoms with Gasteiger partial charge in [-0.25, -0.2) is 4.39 Å². The molecule has 0 amide bonds. The SMILES string of the molecule is COc1ccc(C(C)Nc2ccc(N(C)C)cc2)c(F)c1. The molecule has 2 rings (SSSR count). The van der Waals surface area contributed by atoms with E-state index in [0.29, 0.717) is 11.3 Å². The summed E-state index contributed by atoms with van der Waals surface area (Å²) in [7, 11) is 5.53. The first-order valence-electron chi connectivity index (χ1n) is 6.88. The topological polar surface area (TPSA) is 24.5 Å². The number of halogens is 1. The molecule has 0 aliphatic carbocycles. The molecular formula is C17H21FN2O. The lowest BCUT2D eigenvalue weighted by Crippen LogP contribution is -2.10. The van der Waals surface area contributed by atoms with Crippen LogP contribution in [0.2, 0.25) is 0 Å². The van der Waals surface area contributed by atoms with Crippen LogP contribution in [-0.2, 0) is 0 Å². The lowest BCUT2D eigenvalue weighted by Gasteiger charge is -2.18. The summed E-state index contributed by atoms with van der Waals surface area (Å²) in [5, 5.41) is 3.30. The van der Waals surface area contributed by atoms with E-state index >= 15 is 0 Å². The van der Waals surface area contributed by atoms with Crippen molar-refractivity contribution in [3.05, 3.63) is 53.8 Å². The molecule has 21 heavy (non-hydrogen) atoms. The lowest BCUT2D eigenvalue weighted by atomic mass is 10.1. The summed E-state index contributed by atoms with van der Waals surface area (Å²) in [6, 6.07) is 12.8. The molecule has 3 nitrogen and oxygen atoms in total. The molecule has 2 aromatic rings. The van der Waals surface area contributed by atoms with Crippen molar-refractivity contribution in [3.8, 4) is 5.75 Å². The smallest absolute Gasteiger partial charge is 0.132 e. The average Bonchev–Trinajstić information content (AvgIpc) is 2.47. The molecule has 1 N–H and O–H groups in total. The fourth-order valence-electron chi connectivity index (χ4n) is 2.17. The monoisotopic (exact) mass is 288 g/mol. The van der Waals surface area contributed by atoms with E-state index in [1.165, 1.54) is 13.2 Å².